The standard InChI is InChI=1S/C6H14O.3C2H7O3P.Al/c1-2-3-4-5-6-7;3*1-2-5-6(3)4;/h7H,2-6H2,1H3;3*6H,2H2,1H3,(H,3,4);/q;;;;+3/p-3. The molecule has 0 rings (SSSR count). The zero-order chi connectivity index (χ0) is 20.5. The Kier molecular flexibility index (Phi) is 53.3. The third-order valence-corrected chi connectivity index (χ3v) is 3.37. The Balaban J connectivity index is -0.0000000746. The topological polar surface area (TPSA) is 168 Å². The van der Waals surface area contributed by atoms with Crippen LogP contribution in [0.1, 0.15) is 53.4 Å². The Bertz CT molecular complexity index is 269. The van der Waals surface area contributed by atoms with Crippen LogP contribution < -0.4 is 14.7 Å². The monoisotopic (exact) mass is 456 g/mol. The predicted octanol–water partition coefficient (Wildman–Crippen LogP) is 0.497. The molecular formula is C12H32AlO10P3. The van der Waals surface area contributed by atoms with E-state index in [1.54, 1.807) is 20.8 Å². The maximum absolute atomic E-state index is 9.45. The molecule has 0 saturated heterocycles. The van der Waals surface area contributed by atoms with Crippen LogP contribution in [0, 0.1) is 0 Å². The minimum Gasteiger partial charge on any atom is -0.781 e. The maximum atomic E-state index is 9.45. The van der Waals surface area contributed by atoms with Gasteiger partial charge in [0.1, 0.15) is 24.8 Å². The molecule has 0 amide bonds. The Morgan fingerprint density at radius 2 is 1.00 bits per heavy atom. The largest absolute Gasteiger partial charge is 3.00 e. The second kappa shape index (κ2) is 36.8. The molecule has 0 aromatic rings. The van der Waals surface area contributed by atoms with Crippen LogP contribution in [0.4, 0.5) is 0 Å². The molecule has 3 unspecified atom stereocenters. The van der Waals surface area contributed by atoms with E-state index in [1.165, 1.54) is 19.3 Å². The summed E-state index contributed by atoms with van der Waals surface area (Å²) in [6.45, 7) is 8.16. The molecule has 0 aliphatic carbocycles. The third-order valence-electron chi connectivity index (χ3n) is 1.80. The molecule has 0 fully saturated rings. The number of rotatable bonds is 10. The van der Waals surface area contributed by atoms with Gasteiger partial charge < -0.3 is 47.1 Å². The first kappa shape index (κ1) is 37.7. The van der Waals surface area contributed by atoms with Crippen LogP contribution in [-0.2, 0) is 27.3 Å². The molecule has 14 heteroatoms. The van der Waals surface area contributed by atoms with Crippen LogP contribution >= 0.6 is 24.8 Å². The van der Waals surface area contributed by atoms with Gasteiger partial charge in [-0.05, 0) is 27.2 Å². The van der Waals surface area contributed by atoms with Gasteiger partial charge in [-0.25, -0.2) is 0 Å². The summed E-state index contributed by atoms with van der Waals surface area (Å²) in [5.74, 6) is 0. The molecule has 0 heterocycles. The van der Waals surface area contributed by atoms with E-state index >= 15 is 0 Å². The molecule has 0 bridgehead atoms. The minimum atomic E-state index is -2.89. The van der Waals surface area contributed by atoms with Crippen LogP contribution in [0.5, 0.6) is 0 Å². The van der Waals surface area contributed by atoms with Crippen LogP contribution in [0.2, 0.25) is 0 Å². The summed E-state index contributed by atoms with van der Waals surface area (Å²) < 4.78 is 40.5. The van der Waals surface area contributed by atoms with E-state index in [4.69, 9.17) is 5.11 Å². The normalized spacial score (nSPS) is 12.5. The summed E-state index contributed by atoms with van der Waals surface area (Å²) >= 11 is 0. The van der Waals surface area contributed by atoms with Crippen molar-refractivity contribution in [3.63, 3.8) is 0 Å². The molecule has 0 aliphatic heterocycles. The summed E-state index contributed by atoms with van der Waals surface area (Å²) in [6.07, 6.45) is 4.68. The molecule has 0 aromatic heterocycles. The van der Waals surface area contributed by atoms with Crippen molar-refractivity contribution in [3.8, 4) is 0 Å². The van der Waals surface area contributed by atoms with Gasteiger partial charge in [0.2, 0.25) is 0 Å². The fourth-order valence-corrected chi connectivity index (χ4v) is 1.60. The molecule has 26 heavy (non-hydrogen) atoms. The number of hydrogen-bond donors (Lipinski definition) is 1. The Hall–Kier alpha value is 0.942. The van der Waals surface area contributed by atoms with Crippen molar-refractivity contribution in [3.05, 3.63) is 0 Å². The van der Waals surface area contributed by atoms with Crippen molar-refractivity contribution in [2.75, 3.05) is 26.4 Å². The van der Waals surface area contributed by atoms with Crippen LogP contribution in [0.15, 0.2) is 0 Å². The van der Waals surface area contributed by atoms with Gasteiger partial charge in [0, 0.05) is 26.4 Å². The van der Waals surface area contributed by atoms with Crippen molar-refractivity contribution in [1.29, 1.82) is 0 Å². The maximum Gasteiger partial charge on any atom is 3.00 e. The smallest absolute Gasteiger partial charge is 0.781 e. The molecule has 0 saturated carbocycles. The fourth-order valence-electron chi connectivity index (χ4n) is 0.892. The molecule has 0 aliphatic rings. The van der Waals surface area contributed by atoms with Gasteiger partial charge >= 0.3 is 17.4 Å². The van der Waals surface area contributed by atoms with Crippen LogP contribution in [0.25, 0.3) is 0 Å². The molecule has 0 radical (unpaired) electrons. The SMILES string of the molecule is CCCCCCO.CCO[PH](=O)[O-].CCO[PH](=O)[O-].CCO[PH](=O)[O-].[Al+3]. The first-order chi connectivity index (χ1) is 11.7. The van der Waals surface area contributed by atoms with Crippen molar-refractivity contribution in [2.24, 2.45) is 0 Å². The van der Waals surface area contributed by atoms with Gasteiger partial charge in [0.15, 0.2) is 0 Å². The van der Waals surface area contributed by atoms with Crippen LogP contribution in [-0.4, -0.2) is 48.9 Å². The van der Waals surface area contributed by atoms with Gasteiger partial charge in [-0.15, -0.1) is 0 Å². The summed E-state index contributed by atoms with van der Waals surface area (Å²) in [5, 5.41) is 8.29. The fraction of sp³-hybridized carbons (Fsp3) is 1.00. The number of unbranched alkanes of at least 4 members (excludes halogenated alkanes) is 3. The first-order valence-electron chi connectivity index (χ1n) is 7.85. The minimum absolute atomic E-state index is 0. The molecule has 0 spiro atoms. The molecule has 1 N–H and O–H groups in total. The van der Waals surface area contributed by atoms with Gasteiger partial charge in [-0.2, -0.15) is 0 Å². The quantitative estimate of drug-likeness (QED) is 0.277. The number of hydrogen-bond acceptors (Lipinski definition) is 10. The van der Waals surface area contributed by atoms with Gasteiger partial charge in [-0.3, -0.25) is 0 Å². The summed E-state index contributed by atoms with van der Waals surface area (Å²) in [4.78, 5) is 28.4. The second-order valence-electron chi connectivity index (χ2n) is 3.83. The molecular weight excluding hydrogens is 424 g/mol. The molecule has 158 valence electrons. The predicted molar refractivity (Wildman–Crippen MR) is 98.9 cm³/mol. The van der Waals surface area contributed by atoms with Gasteiger partial charge in [0.05, 0.1) is 0 Å². The first-order valence-corrected chi connectivity index (χ1v) is 11.5. The van der Waals surface area contributed by atoms with Gasteiger partial charge in [0.25, 0.3) is 0 Å². The van der Waals surface area contributed by atoms with E-state index in [-0.39, 0.29) is 37.2 Å². The van der Waals surface area contributed by atoms with E-state index < -0.39 is 24.8 Å². The Morgan fingerprint density at radius 3 is 1.12 bits per heavy atom. The summed E-state index contributed by atoms with van der Waals surface area (Å²) in [6, 6.07) is 0. The van der Waals surface area contributed by atoms with Crippen molar-refractivity contribution in [1.82, 2.24) is 0 Å². The molecule has 3 atom stereocenters. The summed E-state index contributed by atoms with van der Waals surface area (Å²) in [5.41, 5.74) is 0. The van der Waals surface area contributed by atoms with E-state index in [9.17, 15) is 28.4 Å². The van der Waals surface area contributed by atoms with E-state index in [2.05, 4.69) is 20.5 Å². The van der Waals surface area contributed by atoms with Crippen LogP contribution in [0.3, 0.4) is 0 Å². The van der Waals surface area contributed by atoms with E-state index in [0.29, 0.717) is 6.61 Å². The number of aliphatic hydroxyl groups is 1. The zero-order valence-electron chi connectivity index (χ0n) is 15.9. The molecule has 0 aromatic carbocycles. The second-order valence-corrected chi connectivity index (χ2v) is 6.20. The Morgan fingerprint density at radius 1 is 0.692 bits per heavy atom. The summed E-state index contributed by atoms with van der Waals surface area (Å²) in [7, 11) is -8.66. The van der Waals surface area contributed by atoms with Gasteiger partial charge in [-0.1, -0.05) is 26.2 Å². The van der Waals surface area contributed by atoms with Crippen molar-refractivity contribution < 1.29 is 47.1 Å². The van der Waals surface area contributed by atoms with E-state index in [0.717, 1.165) is 6.42 Å². The Labute approximate surface area is 169 Å². The van der Waals surface area contributed by atoms with Crippen molar-refractivity contribution >= 4 is 42.1 Å². The average Bonchev–Trinajstić information content (AvgIpc) is 2.49. The third kappa shape index (κ3) is 73.6. The molecule has 10 nitrogen and oxygen atoms in total. The van der Waals surface area contributed by atoms with E-state index in [1.807, 2.05) is 0 Å². The van der Waals surface area contributed by atoms with Crippen molar-refractivity contribution in [2.45, 2.75) is 53.4 Å². The number of aliphatic hydroxyl groups excluding tert-OH is 1. The average molecular weight is 456 g/mol. The zero-order valence-corrected chi connectivity index (χ0v) is 20.0.